The number of rotatable bonds is 7. The number of aromatic nitrogens is 1. The van der Waals surface area contributed by atoms with Gasteiger partial charge in [0.25, 0.3) is 0 Å². The second-order valence-corrected chi connectivity index (χ2v) is 7.70. The molecule has 1 aliphatic heterocycles. The van der Waals surface area contributed by atoms with E-state index in [1.165, 1.54) is 0 Å². The molecule has 1 aromatic carbocycles. The Labute approximate surface area is 180 Å². The van der Waals surface area contributed by atoms with E-state index in [1.807, 2.05) is 54.6 Å². The summed E-state index contributed by atoms with van der Waals surface area (Å²) in [7, 11) is 1.71. The molecule has 3 aromatic rings. The number of methoxy groups -OCH3 is 1. The summed E-state index contributed by atoms with van der Waals surface area (Å²) >= 11 is 11.7. The molecule has 3 heterocycles. The lowest BCUT2D eigenvalue weighted by atomic mass is 10.0. The normalized spacial score (nSPS) is 18.8. The summed E-state index contributed by atoms with van der Waals surface area (Å²) in [6.07, 6.45) is 2.67. The van der Waals surface area contributed by atoms with E-state index in [0.29, 0.717) is 16.7 Å². The van der Waals surface area contributed by atoms with Crippen LogP contribution in [0.3, 0.4) is 0 Å². The maximum absolute atomic E-state index is 6.29. The number of nitrogens with zero attached hydrogens (tertiary/aromatic N) is 2. The molecule has 150 valence electrons. The molecule has 0 bridgehead atoms. The molecule has 1 fully saturated rings. The first-order valence-corrected chi connectivity index (χ1v) is 10.3. The summed E-state index contributed by atoms with van der Waals surface area (Å²) in [5.74, 6) is 1.64. The summed E-state index contributed by atoms with van der Waals surface area (Å²) in [6.45, 7) is 1.44. The molecule has 0 aliphatic carbocycles. The molecule has 7 heteroatoms. The van der Waals surface area contributed by atoms with Crippen LogP contribution in [0.1, 0.15) is 30.0 Å². The van der Waals surface area contributed by atoms with Crippen molar-refractivity contribution < 1.29 is 9.15 Å². The zero-order valence-electron chi connectivity index (χ0n) is 16.0. The molecule has 1 saturated heterocycles. The van der Waals surface area contributed by atoms with E-state index >= 15 is 0 Å². The van der Waals surface area contributed by atoms with Gasteiger partial charge < -0.3 is 19.4 Å². The summed E-state index contributed by atoms with van der Waals surface area (Å²) in [5.41, 5.74) is 1.91. The lowest BCUT2D eigenvalue weighted by Crippen LogP contribution is -2.31. The minimum Gasteiger partial charge on any atom is -0.459 e. The number of nitrogens with one attached hydrogen (secondary N) is 1. The molecule has 29 heavy (non-hydrogen) atoms. The van der Waals surface area contributed by atoms with E-state index in [9.17, 15) is 0 Å². The van der Waals surface area contributed by atoms with E-state index in [0.717, 1.165) is 35.7 Å². The van der Waals surface area contributed by atoms with Crippen molar-refractivity contribution in [2.75, 3.05) is 20.3 Å². The Bertz CT molecular complexity index is 962. The van der Waals surface area contributed by atoms with Crippen molar-refractivity contribution in [3.8, 4) is 11.3 Å². The second kappa shape index (κ2) is 8.95. The van der Waals surface area contributed by atoms with Crippen molar-refractivity contribution in [1.29, 1.82) is 0 Å². The third-order valence-corrected chi connectivity index (χ3v) is 5.60. The van der Waals surface area contributed by atoms with Crippen molar-refractivity contribution in [2.45, 2.75) is 18.5 Å². The van der Waals surface area contributed by atoms with E-state index < -0.39 is 0 Å². The van der Waals surface area contributed by atoms with Crippen LogP contribution in [0.5, 0.6) is 0 Å². The highest BCUT2D eigenvalue weighted by Gasteiger charge is 2.41. The third kappa shape index (κ3) is 4.29. The van der Waals surface area contributed by atoms with Gasteiger partial charge in [-0.05, 0) is 67.2 Å². The van der Waals surface area contributed by atoms with Crippen LogP contribution < -0.4 is 5.32 Å². The van der Waals surface area contributed by atoms with Crippen LogP contribution in [0.2, 0.25) is 5.02 Å². The maximum Gasteiger partial charge on any atom is 0.170 e. The molecule has 0 unspecified atom stereocenters. The smallest absolute Gasteiger partial charge is 0.170 e. The number of thiocarbonyl (C=S) groups is 1. The van der Waals surface area contributed by atoms with Gasteiger partial charge in [-0.2, -0.15) is 0 Å². The SMILES string of the molecule is COCCCN1C(=S)N[C@H](c2ccccn2)[C@H]1c1ccc(-c2ccc(Cl)cc2)o1. The van der Waals surface area contributed by atoms with Crippen LogP contribution in [-0.4, -0.2) is 35.3 Å². The predicted octanol–water partition coefficient (Wildman–Crippen LogP) is 5.00. The highest BCUT2D eigenvalue weighted by molar-refractivity contribution is 7.80. The van der Waals surface area contributed by atoms with Crippen molar-refractivity contribution in [1.82, 2.24) is 15.2 Å². The molecule has 2 aromatic heterocycles. The fraction of sp³-hybridized carbons (Fsp3) is 0.273. The standard InChI is InChI=1S/C22H22ClN3O2S/c1-27-14-4-13-26-21(20(25-22(26)29)17-5-2-3-12-24-17)19-11-10-18(28-19)15-6-8-16(23)9-7-15/h2-3,5-12,20-21H,4,13-14H2,1H3,(H,25,29)/t20-,21-/m1/s1. The molecule has 2 atom stereocenters. The van der Waals surface area contributed by atoms with Crippen molar-refractivity contribution in [3.63, 3.8) is 0 Å². The van der Waals surface area contributed by atoms with E-state index in [2.05, 4.69) is 15.2 Å². The number of furan rings is 1. The largest absolute Gasteiger partial charge is 0.459 e. The fourth-order valence-electron chi connectivity index (χ4n) is 3.62. The first kappa shape index (κ1) is 19.9. The quantitative estimate of drug-likeness (QED) is 0.422. The average molecular weight is 428 g/mol. The van der Waals surface area contributed by atoms with E-state index in [-0.39, 0.29) is 12.1 Å². The Kier molecular flexibility index (Phi) is 6.13. The maximum atomic E-state index is 6.29. The molecule has 5 nitrogen and oxygen atoms in total. The van der Waals surface area contributed by atoms with Gasteiger partial charge in [-0.25, -0.2) is 0 Å². The van der Waals surface area contributed by atoms with Crippen LogP contribution in [0, 0.1) is 0 Å². The van der Waals surface area contributed by atoms with Crippen LogP contribution in [0.15, 0.2) is 65.2 Å². The Morgan fingerprint density at radius 2 is 2.00 bits per heavy atom. The molecule has 0 amide bonds. The highest BCUT2D eigenvalue weighted by atomic mass is 35.5. The molecule has 4 rings (SSSR count). The number of ether oxygens (including phenoxy) is 1. The summed E-state index contributed by atoms with van der Waals surface area (Å²) in [4.78, 5) is 6.71. The van der Waals surface area contributed by atoms with Gasteiger partial charge in [0, 0.05) is 37.0 Å². The molecule has 0 saturated carbocycles. The number of pyridine rings is 1. The average Bonchev–Trinajstić information content (AvgIpc) is 3.34. The molecule has 0 spiro atoms. The zero-order chi connectivity index (χ0) is 20.2. The lowest BCUT2D eigenvalue weighted by molar-refractivity contribution is 0.177. The van der Waals surface area contributed by atoms with E-state index in [4.69, 9.17) is 33.0 Å². The fourth-order valence-corrected chi connectivity index (χ4v) is 4.07. The molecule has 1 aliphatic rings. The van der Waals surface area contributed by atoms with Crippen molar-refractivity contribution in [2.24, 2.45) is 0 Å². The number of halogens is 1. The Balaban J connectivity index is 1.67. The summed E-state index contributed by atoms with van der Waals surface area (Å²) in [6, 6.07) is 17.4. The second-order valence-electron chi connectivity index (χ2n) is 6.88. The first-order chi connectivity index (χ1) is 14.2. The predicted molar refractivity (Wildman–Crippen MR) is 118 cm³/mol. The molecular formula is C22H22ClN3O2S. The Morgan fingerprint density at radius 3 is 2.72 bits per heavy atom. The van der Waals surface area contributed by atoms with E-state index in [1.54, 1.807) is 13.3 Å². The van der Waals surface area contributed by atoms with Gasteiger partial charge in [0.15, 0.2) is 5.11 Å². The van der Waals surface area contributed by atoms with Gasteiger partial charge in [0.1, 0.15) is 17.6 Å². The minimum absolute atomic E-state index is 0.0875. The minimum atomic E-state index is -0.0877. The van der Waals surface area contributed by atoms with Gasteiger partial charge in [-0.15, -0.1) is 0 Å². The molecular weight excluding hydrogens is 406 g/mol. The third-order valence-electron chi connectivity index (χ3n) is 4.99. The van der Waals surface area contributed by atoms with Gasteiger partial charge >= 0.3 is 0 Å². The van der Waals surface area contributed by atoms with Gasteiger partial charge in [0.2, 0.25) is 0 Å². The number of hydrogen-bond donors (Lipinski definition) is 1. The number of benzene rings is 1. The monoisotopic (exact) mass is 427 g/mol. The van der Waals surface area contributed by atoms with Crippen molar-refractivity contribution >= 4 is 28.9 Å². The highest BCUT2D eigenvalue weighted by Crippen LogP contribution is 2.40. The van der Waals surface area contributed by atoms with Crippen LogP contribution in [0.25, 0.3) is 11.3 Å². The van der Waals surface area contributed by atoms with Gasteiger partial charge in [0.05, 0.1) is 11.7 Å². The van der Waals surface area contributed by atoms with Gasteiger partial charge in [-0.1, -0.05) is 17.7 Å². The Morgan fingerprint density at radius 1 is 1.17 bits per heavy atom. The van der Waals surface area contributed by atoms with Crippen LogP contribution in [-0.2, 0) is 4.74 Å². The zero-order valence-corrected chi connectivity index (χ0v) is 17.6. The topological polar surface area (TPSA) is 50.5 Å². The molecule has 0 radical (unpaired) electrons. The van der Waals surface area contributed by atoms with Crippen LogP contribution in [0.4, 0.5) is 0 Å². The summed E-state index contributed by atoms with van der Waals surface area (Å²) < 4.78 is 11.5. The number of hydrogen-bond acceptors (Lipinski definition) is 4. The van der Waals surface area contributed by atoms with Crippen LogP contribution >= 0.6 is 23.8 Å². The van der Waals surface area contributed by atoms with Crippen molar-refractivity contribution in [3.05, 3.63) is 77.3 Å². The molecule has 1 N–H and O–H groups in total. The Hall–Kier alpha value is -2.41. The first-order valence-electron chi connectivity index (χ1n) is 9.50. The van der Waals surface area contributed by atoms with Gasteiger partial charge in [-0.3, -0.25) is 4.98 Å². The lowest BCUT2D eigenvalue weighted by Gasteiger charge is -2.25. The summed E-state index contributed by atoms with van der Waals surface area (Å²) in [5, 5.41) is 4.83.